The largest absolute Gasteiger partial charge is 0.507 e. The molecule has 0 unspecified atom stereocenters. The number of phenols is 1. The zero-order valence-corrected chi connectivity index (χ0v) is 17.2. The van der Waals surface area contributed by atoms with E-state index in [1.807, 2.05) is 18.2 Å². The Labute approximate surface area is 178 Å². The highest BCUT2D eigenvalue weighted by molar-refractivity contribution is 7.99. The first-order valence-corrected chi connectivity index (χ1v) is 11.1. The van der Waals surface area contributed by atoms with E-state index in [0.29, 0.717) is 50.1 Å². The van der Waals surface area contributed by atoms with Crippen molar-refractivity contribution in [2.45, 2.75) is 23.3 Å². The second-order valence-electron chi connectivity index (χ2n) is 8.02. The maximum atomic E-state index is 12.9. The van der Waals surface area contributed by atoms with Crippen molar-refractivity contribution in [1.82, 2.24) is 9.80 Å². The molecule has 3 aliphatic rings. The SMILES string of the molecule is O=C(c1ccc(-c2ccc3c(c2)NCS3)c(O)c1)N1CCN(C(=O)C2(O)CC2)CC1. The van der Waals surface area contributed by atoms with Crippen LogP contribution in [0.15, 0.2) is 41.3 Å². The molecule has 3 N–H and O–H groups in total. The number of phenolic OH excluding ortho intramolecular Hbond substituents is 1. The van der Waals surface area contributed by atoms with E-state index in [9.17, 15) is 19.8 Å². The highest BCUT2D eigenvalue weighted by atomic mass is 32.2. The molecule has 0 spiro atoms. The van der Waals surface area contributed by atoms with E-state index in [4.69, 9.17) is 0 Å². The second-order valence-corrected chi connectivity index (χ2v) is 9.04. The van der Waals surface area contributed by atoms with E-state index in [2.05, 4.69) is 5.32 Å². The minimum atomic E-state index is -1.17. The molecule has 5 rings (SSSR count). The van der Waals surface area contributed by atoms with E-state index in [-0.39, 0.29) is 17.6 Å². The Hall–Kier alpha value is -2.71. The van der Waals surface area contributed by atoms with Crippen LogP contribution in [-0.2, 0) is 4.79 Å². The molecule has 2 heterocycles. The smallest absolute Gasteiger partial charge is 0.254 e. The summed E-state index contributed by atoms with van der Waals surface area (Å²) in [5.74, 6) is 0.521. The van der Waals surface area contributed by atoms with Crippen LogP contribution in [0.25, 0.3) is 11.1 Å². The highest BCUT2D eigenvalue weighted by Gasteiger charge is 2.50. The molecule has 30 heavy (non-hydrogen) atoms. The topological polar surface area (TPSA) is 93.1 Å². The summed E-state index contributed by atoms with van der Waals surface area (Å²) in [6, 6.07) is 11.0. The van der Waals surface area contributed by atoms with Gasteiger partial charge in [0.2, 0.25) is 0 Å². The molecule has 2 aromatic rings. The summed E-state index contributed by atoms with van der Waals surface area (Å²) in [5.41, 5.74) is 1.89. The Morgan fingerprint density at radius 3 is 2.43 bits per heavy atom. The molecule has 1 aliphatic carbocycles. The quantitative estimate of drug-likeness (QED) is 0.699. The summed E-state index contributed by atoms with van der Waals surface area (Å²) in [4.78, 5) is 29.7. The monoisotopic (exact) mass is 425 g/mol. The van der Waals surface area contributed by atoms with Crippen molar-refractivity contribution in [3.63, 3.8) is 0 Å². The normalized spacial score (nSPS) is 19.2. The summed E-state index contributed by atoms with van der Waals surface area (Å²) >= 11 is 1.74. The van der Waals surface area contributed by atoms with Gasteiger partial charge in [0.1, 0.15) is 11.4 Å². The van der Waals surface area contributed by atoms with Crippen molar-refractivity contribution in [3.8, 4) is 16.9 Å². The minimum Gasteiger partial charge on any atom is -0.507 e. The van der Waals surface area contributed by atoms with E-state index in [1.165, 1.54) is 11.0 Å². The number of carbonyl (C=O) groups is 2. The number of aliphatic hydroxyl groups is 1. The Kier molecular flexibility index (Phi) is 4.63. The van der Waals surface area contributed by atoms with Crippen LogP contribution in [-0.4, -0.2) is 69.5 Å². The van der Waals surface area contributed by atoms with Crippen LogP contribution in [0.3, 0.4) is 0 Å². The molecule has 0 radical (unpaired) electrons. The Morgan fingerprint density at radius 2 is 1.73 bits per heavy atom. The molecule has 2 aromatic carbocycles. The highest BCUT2D eigenvalue weighted by Crippen LogP contribution is 2.39. The number of nitrogens with zero attached hydrogens (tertiary/aromatic N) is 2. The molecule has 2 aliphatic heterocycles. The summed E-state index contributed by atoms with van der Waals surface area (Å²) < 4.78 is 0. The maximum absolute atomic E-state index is 12.9. The third kappa shape index (κ3) is 3.40. The molecule has 8 heteroatoms. The minimum absolute atomic E-state index is 0.0659. The first-order chi connectivity index (χ1) is 14.4. The molecule has 1 saturated heterocycles. The predicted molar refractivity (Wildman–Crippen MR) is 115 cm³/mol. The number of piperazine rings is 1. The third-order valence-corrected chi connectivity index (χ3v) is 6.96. The fourth-order valence-electron chi connectivity index (χ4n) is 3.98. The van der Waals surface area contributed by atoms with Crippen molar-refractivity contribution in [2.75, 3.05) is 37.4 Å². The lowest BCUT2D eigenvalue weighted by molar-refractivity contribution is -0.143. The molecule has 2 fully saturated rings. The van der Waals surface area contributed by atoms with Crippen LogP contribution < -0.4 is 5.32 Å². The van der Waals surface area contributed by atoms with E-state index in [0.717, 1.165) is 17.1 Å². The van der Waals surface area contributed by atoms with Crippen molar-refractivity contribution >= 4 is 29.3 Å². The van der Waals surface area contributed by atoms with Gasteiger partial charge in [-0.05, 0) is 48.7 Å². The van der Waals surface area contributed by atoms with Crippen molar-refractivity contribution in [3.05, 3.63) is 42.0 Å². The molecule has 0 aromatic heterocycles. The lowest BCUT2D eigenvalue weighted by atomic mass is 10.0. The van der Waals surface area contributed by atoms with Crippen molar-refractivity contribution in [1.29, 1.82) is 0 Å². The zero-order valence-electron chi connectivity index (χ0n) is 16.4. The molecule has 7 nitrogen and oxygen atoms in total. The van der Waals surface area contributed by atoms with Gasteiger partial charge in [-0.3, -0.25) is 9.59 Å². The van der Waals surface area contributed by atoms with Gasteiger partial charge in [0, 0.05) is 47.9 Å². The van der Waals surface area contributed by atoms with Gasteiger partial charge in [-0.15, -0.1) is 11.8 Å². The average molecular weight is 426 g/mol. The summed E-state index contributed by atoms with van der Waals surface area (Å²) in [5, 5.41) is 23.9. The second kappa shape index (κ2) is 7.21. The number of rotatable bonds is 3. The number of benzene rings is 2. The molecular weight excluding hydrogens is 402 g/mol. The molecule has 156 valence electrons. The first-order valence-electron chi connectivity index (χ1n) is 10.1. The number of amides is 2. The molecule has 2 amide bonds. The van der Waals surface area contributed by atoms with Gasteiger partial charge in [-0.2, -0.15) is 0 Å². The van der Waals surface area contributed by atoms with Gasteiger partial charge in [0.15, 0.2) is 0 Å². The van der Waals surface area contributed by atoms with E-state index in [1.54, 1.807) is 33.7 Å². The number of hydrogen-bond acceptors (Lipinski definition) is 6. The Morgan fingerprint density at radius 1 is 1.00 bits per heavy atom. The van der Waals surface area contributed by atoms with Crippen LogP contribution in [0.2, 0.25) is 0 Å². The number of hydrogen-bond donors (Lipinski definition) is 3. The number of carbonyl (C=O) groups excluding carboxylic acids is 2. The van der Waals surface area contributed by atoms with E-state index < -0.39 is 5.60 Å². The van der Waals surface area contributed by atoms with Gasteiger partial charge in [0.25, 0.3) is 11.8 Å². The van der Waals surface area contributed by atoms with Gasteiger partial charge in [-0.25, -0.2) is 0 Å². The van der Waals surface area contributed by atoms with Crippen LogP contribution in [0.5, 0.6) is 5.75 Å². The van der Waals surface area contributed by atoms with Gasteiger partial charge >= 0.3 is 0 Å². The molecule has 1 saturated carbocycles. The molecule has 0 atom stereocenters. The lowest BCUT2D eigenvalue weighted by Gasteiger charge is -2.35. The number of fused-ring (bicyclic) bond motifs is 1. The van der Waals surface area contributed by atoms with Crippen LogP contribution in [0, 0.1) is 0 Å². The van der Waals surface area contributed by atoms with Gasteiger partial charge < -0.3 is 25.3 Å². The van der Waals surface area contributed by atoms with Crippen molar-refractivity contribution in [2.24, 2.45) is 0 Å². The van der Waals surface area contributed by atoms with Gasteiger partial charge in [-0.1, -0.05) is 6.07 Å². The number of thioether (sulfide) groups is 1. The number of anilines is 1. The first kappa shape index (κ1) is 19.3. The summed E-state index contributed by atoms with van der Waals surface area (Å²) in [6.45, 7) is 1.66. The van der Waals surface area contributed by atoms with Crippen molar-refractivity contribution < 1.29 is 19.8 Å². The Bertz CT molecular complexity index is 1030. The predicted octanol–water partition coefficient (Wildman–Crippen LogP) is 2.34. The molecular formula is C22H23N3O4S. The number of nitrogens with one attached hydrogen (secondary N) is 1. The Balaban J connectivity index is 1.28. The zero-order chi connectivity index (χ0) is 20.9. The average Bonchev–Trinajstić information content (AvgIpc) is 3.34. The fraction of sp³-hybridized carbons (Fsp3) is 0.364. The van der Waals surface area contributed by atoms with E-state index >= 15 is 0 Å². The van der Waals surface area contributed by atoms with Gasteiger partial charge in [0.05, 0.1) is 5.88 Å². The maximum Gasteiger partial charge on any atom is 0.254 e. The lowest BCUT2D eigenvalue weighted by Crippen LogP contribution is -2.53. The summed E-state index contributed by atoms with van der Waals surface area (Å²) in [7, 11) is 0. The standard InChI is InChI=1S/C22H23N3O4S/c26-18-12-15(1-3-16(18)14-2-4-19-17(11-14)23-13-30-19)20(27)24-7-9-25(10-8-24)21(28)22(29)5-6-22/h1-4,11-12,23,26,29H,5-10,13H2. The van der Waals surface area contributed by atoms with Crippen LogP contribution >= 0.6 is 11.8 Å². The van der Waals surface area contributed by atoms with Crippen LogP contribution in [0.1, 0.15) is 23.2 Å². The number of aromatic hydroxyl groups is 1. The molecule has 0 bridgehead atoms. The van der Waals surface area contributed by atoms with Crippen LogP contribution in [0.4, 0.5) is 5.69 Å². The third-order valence-electron chi connectivity index (χ3n) is 6.00. The summed E-state index contributed by atoms with van der Waals surface area (Å²) in [6.07, 6.45) is 1.05. The fourth-order valence-corrected chi connectivity index (χ4v) is 4.82.